The lowest BCUT2D eigenvalue weighted by Crippen LogP contribution is -2.42. The minimum atomic E-state index is -0.543. The average Bonchev–Trinajstić information content (AvgIpc) is 3.63. The van der Waals surface area contributed by atoms with Gasteiger partial charge in [-0.3, -0.25) is 15.1 Å². The zero-order chi connectivity index (χ0) is 28.0. The second kappa shape index (κ2) is 10.7. The van der Waals surface area contributed by atoms with Crippen LogP contribution in [0.4, 0.5) is 9.18 Å². The number of carbonyl (C=O) groups excluding carboxylic acids is 2. The first-order chi connectivity index (χ1) is 19.3. The fourth-order valence-electron chi connectivity index (χ4n) is 5.68. The number of nitrogens with one attached hydrogen (secondary N) is 1. The van der Waals surface area contributed by atoms with Crippen molar-refractivity contribution in [3.8, 4) is 5.69 Å². The molecule has 2 aliphatic heterocycles. The Balaban J connectivity index is 1.47. The molecule has 1 aliphatic carbocycles. The van der Waals surface area contributed by atoms with E-state index in [9.17, 15) is 14.0 Å². The van der Waals surface area contributed by atoms with Gasteiger partial charge in [0.15, 0.2) is 5.69 Å². The molecule has 2 atom stereocenters. The molecule has 0 saturated carbocycles. The van der Waals surface area contributed by atoms with Gasteiger partial charge in [0.2, 0.25) is 0 Å². The molecule has 2 unspecified atom stereocenters. The van der Waals surface area contributed by atoms with E-state index in [4.69, 9.17) is 33.0 Å². The first kappa shape index (κ1) is 26.6. The van der Waals surface area contributed by atoms with E-state index in [1.807, 2.05) is 11.1 Å². The highest BCUT2D eigenvalue weighted by Crippen LogP contribution is 2.37. The quantitative estimate of drug-likeness (QED) is 0.406. The van der Waals surface area contributed by atoms with Crippen LogP contribution in [0, 0.1) is 17.7 Å². The van der Waals surface area contributed by atoms with Crippen LogP contribution in [0.3, 0.4) is 0 Å². The summed E-state index contributed by atoms with van der Waals surface area (Å²) < 4.78 is 20.3. The highest BCUT2D eigenvalue weighted by molar-refractivity contribution is 6.35. The van der Waals surface area contributed by atoms with Crippen molar-refractivity contribution in [1.29, 1.82) is 0 Å². The Labute approximate surface area is 240 Å². The number of halogens is 3. The molecule has 6 rings (SSSR count). The number of aromatic nitrogens is 2. The van der Waals surface area contributed by atoms with Crippen molar-refractivity contribution < 1.29 is 18.7 Å². The van der Waals surface area contributed by atoms with Crippen LogP contribution in [0.5, 0.6) is 0 Å². The third-order valence-corrected chi connectivity index (χ3v) is 8.11. The number of hydrogen-bond donors (Lipinski definition) is 1. The van der Waals surface area contributed by atoms with Gasteiger partial charge >= 0.3 is 6.09 Å². The lowest BCUT2D eigenvalue weighted by Gasteiger charge is -2.29. The first-order valence-corrected chi connectivity index (χ1v) is 13.7. The SMILES string of the molecule is COC(=O)N1C/C(=C\c2ccc(F)cc2)c2c(c(C(=O)NN3CC4C=CCC4C3)nn2-c2ccc(Cl)cc2Cl)C1. The summed E-state index contributed by atoms with van der Waals surface area (Å²) in [7, 11) is 1.31. The molecule has 1 fully saturated rings. The average molecular weight is 582 g/mol. The van der Waals surface area contributed by atoms with E-state index in [-0.39, 0.29) is 30.5 Å². The molecule has 0 bridgehead atoms. The molecule has 3 heterocycles. The van der Waals surface area contributed by atoms with Gasteiger partial charge in [-0.1, -0.05) is 47.5 Å². The van der Waals surface area contributed by atoms with Crippen molar-refractivity contribution in [2.75, 3.05) is 26.7 Å². The summed E-state index contributed by atoms with van der Waals surface area (Å²) in [6.45, 7) is 1.75. The maximum absolute atomic E-state index is 13.7. The summed E-state index contributed by atoms with van der Waals surface area (Å²) in [5, 5.41) is 7.48. The second-order valence-electron chi connectivity index (χ2n) is 10.2. The Bertz CT molecular complexity index is 1550. The van der Waals surface area contributed by atoms with Crippen LogP contribution in [0.1, 0.15) is 33.7 Å². The number of fused-ring (bicyclic) bond motifs is 2. The van der Waals surface area contributed by atoms with Gasteiger partial charge in [0, 0.05) is 23.7 Å². The molecular weight excluding hydrogens is 556 g/mol. The summed E-state index contributed by atoms with van der Waals surface area (Å²) in [6, 6.07) is 11.0. The predicted octanol–water partition coefficient (Wildman–Crippen LogP) is 5.59. The highest BCUT2D eigenvalue weighted by atomic mass is 35.5. The number of amides is 2. The Hall–Kier alpha value is -3.66. The second-order valence-corrected chi connectivity index (χ2v) is 11.0. The van der Waals surface area contributed by atoms with Crippen molar-refractivity contribution in [3.05, 3.63) is 93.0 Å². The van der Waals surface area contributed by atoms with E-state index in [1.54, 1.807) is 35.0 Å². The predicted molar refractivity (Wildman–Crippen MR) is 150 cm³/mol. The normalized spacial score (nSPS) is 21.0. The molecule has 2 amide bonds. The zero-order valence-electron chi connectivity index (χ0n) is 21.6. The molecule has 1 saturated heterocycles. The smallest absolute Gasteiger partial charge is 0.410 e. The summed E-state index contributed by atoms with van der Waals surface area (Å²) in [6.07, 6.45) is 6.70. The van der Waals surface area contributed by atoms with Crippen molar-refractivity contribution in [3.63, 3.8) is 0 Å². The number of methoxy groups -OCH3 is 1. The summed E-state index contributed by atoms with van der Waals surface area (Å²) >= 11 is 12.8. The van der Waals surface area contributed by atoms with E-state index in [2.05, 4.69) is 17.6 Å². The molecule has 206 valence electrons. The molecule has 11 heteroatoms. The minimum absolute atomic E-state index is 0.102. The topological polar surface area (TPSA) is 79.7 Å². The Morgan fingerprint density at radius 3 is 2.65 bits per heavy atom. The number of ether oxygens (including phenoxy) is 1. The summed E-state index contributed by atoms with van der Waals surface area (Å²) in [4.78, 5) is 27.9. The molecule has 1 N–H and O–H groups in total. The summed E-state index contributed by atoms with van der Waals surface area (Å²) in [5.74, 6) is 0.164. The minimum Gasteiger partial charge on any atom is -0.453 e. The first-order valence-electron chi connectivity index (χ1n) is 12.9. The molecule has 8 nitrogen and oxygen atoms in total. The van der Waals surface area contributed by atoms with Gasteiger partial charge in [0.25, 0.3) is 5.91 Å². The van der Waals surface area contributed by atoms with Gasteiger partial charge in [-0.25, -0.2) is 18.9 Å². The van der Waals surface area contributed by atoms with Gasteiger partial charge in [-0.05, 0) is 65.8 Å². The summed E-state index contributed by atoms with van der Waals surface area (Å²) in [5.41, 5.74) is 6.29. The number of nitrogens with zero attached hydrogens (tertiary/aromatic N) is 4. The number of carbonyl (C=O) groups is 2. The molecule has 1 aromatic heterocycles. The molecule has 3 aliphatic rings. The maximum Gasteiger partial charge on any atom is 0.410 e. The van der Waals surface area contributed by atoms with Crippen LogP contribution in [-0.2, 0) is 11.3 Å². The van der Waals surface area contributed by atoms with E-state index in [1.165, 1.54) is 24.1 Å². The molecule has 2 aromatic carbocycles. The standard InChI is InChI=1S/C29H26Cl2FN5O3/c1-40-29(39)35-13-20(11-17-5-8-22(32)9-6-17)27-23(16-35)26(33-37(27)25-10-7-21(30)12-24(25)31)28(38)34-36-14-18-3-2-4-19(18)15-36/h2-3,5-12,18-19H,4,13-16H2,1H3,(H,34,38)/b20-11+. The van der Waals surface area contributed by atoms with Crippen LogP contribution in [0.2, 0.25) is 10.0 Å². The Morgan fingerprint density at radius 1 is 1.12 bits per heavy atom. The van der Waals surface area contributed by atoms with E-state index < -0.39 is 6.09 Å². The van der Waals surface area contributed by atoms with Crippen LogP contribution in [0.15, 0.2) is 54.6 Å². The van der Waals surface area contributed by atoms with Gasteiger partial charge in [-0.15, -0.1) is 0 Å². The van der Waals surface area contributed by atoms with Crippen LogP contribution in [0.25, 0.3) is 17.3 Å². The van der Waals surface area contributed by atoms with Gasteiger partial charge in [0.05, 0.1) is 36.6 Å². The van der Waals surface area contributed by atoms with Crippen LogP contribution < -0.4 is 5.43 Å². The van der Waals surface area contributed by atoms with Crippen molar-refractivity contribution in [2.45, 2.75) is 13.0 Å². The number of hydrogen-bond acceptors (Lipinski definition) is 5. The molecule has 0 spiro atoms. The van der Waals surface area contributed by atoms with Crippen LogP contribution in [-0.4, -0.2) is 58.4 Å². The number of rotatable bonds is 4. The fraction of sp³-hybridized carbons (Fsp3) is 0.276. The lowest BCUT2D eigenvalue weighted by molar-refractivity contribution is 0.0809. The van der Waals surface area contributed by atoms with E-state index in [0.717, 1.165) is 19.5 Å². The van der Waals surface area contributed by atoms with Crippen molar-refractivity contribution in [1.82, 2.24) is 25.1 Å². The van der Waals surface area contributed by atoms with E-state index >= 15 is 0 Å². The lowest BCUT2D eigenvalue weighted by atomic mass is 9.97. The molecule has 3 aromatic rings. The zero-order valence-corrected chi connectivity index (χ0v) is 23.1. The van der Waals surface area contributed by atoms with Gasteiger partial charge in [0.1, 0.15) is 5.82 Å². The molecular formula is C29H26Cl2FN5O3. The fourth-order valence-corrected chi connectivity index (χ4v) is 6.17. The van der Waals surface area contributed by atoms with Crippen molar-refractivity contribution in [2.24, 2.45) is 11.8 Å². The third kappa shape index (κ3) is 5.00. The Morgan fingerprint density at radius 2 is 1.93 bits per heavy atom. The number of benzene rings is 2. The third-order valence-electron chi connectivity index (χ3n) is 7.57. The maximum atomic E-state index is 13.7. The number of allylic oxidation sites excluding steroid dienone is 1. The highest BCUT2D eigenvalue weighted by Gasteiger charge is 2.37. The Kier molecular flexibility index (Phi) is 7.12. The van der Waals surface area contributed by atoms with Crippen LogP contribution >= 0.6 is 23.2 Å². The molecule has 40 heavy (non-hydrogen) atoms. The molecule has 0 radical (unpaired) electrons. The van der Waals surface area contributed by atoms with Crippen molar-refractivity contribution >= 4 is 46.9 Å². The van der Waals surface area contributed by atoms with E-state index in [0.29, 0.717) is 50.0 Å². The number of hydrazine groups is 1. The monoisotopic (exact) mass is 581 g/mol. The largest absolute Gasteiger partial charge is 0.453 e. The van der Waals surface area contributed by atoms with Gasteiger partial charge in [-0.2, -0.15) is 5.10 Å². The van der Waals surface area contributed by atoms with Gasteiger partial charge < -0.3 is 4.74 Å².